The van der Waals surface area contributed by atoms with E-state index in [1.54, 1.807) is 6.92 Å². The second-order valence-electron chi connectivity index (χ2n) is 10.0. The van der Waals surface area contributed by atoms with Crippen LogP contribution in [0.3, 0.4) is 0 Å². The lowest BCUT2D eigenvalue weighted by molar-refractivity contribution is -0.584. The highest BCUT2D eigenvalue weighted by Crippen LogP contribution is 2.61. The molecule has 4 saturated heterocycles. The van der Waals surface area contributed by atoms with Crippen LogP contribution < -0.4 is 9.47 Å². The number of rotatable bonds is 3. The second kappa shape index (κ2) is 6.79. The molecule has 0 amide bonds. The Bertz CT molecular complexity index is 873. The van der Waals surface area contributed by atoms with Gasteiger partial charge >= 0.3 is 0 Å². The number of benzene rings is 1. The molecule has 170 valence electrons. The van der Waals surface area contributed by atoms with Crippen LogP contribution in [0.5, 0.6) is 11.5 Å². The highest BCUT2D eigenvalue weighted by Gasteiger charge is 2.73. The summed E-state index contributed by atoms with van der Waals surface area (Å²) in [6, 6.07) is 5.68. The molecule has 1 N–H and O–H groups in total. The molecule has 2 bridgehead atoms. The van der Waals surface area contributed by atoms with Crippen molar-refractivity contribution in [3.05, 3.63) is 23.8 Å². The number of aliphatic hydroxyl groups is 1. The van der Waals surface area contributed by atoms with Crippen LogP contribution in [0.25, 0.3) is 0 Å². The second-order valence-corrected chi connectivity index (χ2v) is 10.0. The maximum Gasteiger partial charge on any atom is 0.231 e. The fourth-order valence-corrected chi connectivity index (χ4v) is 6.29. The van der Waals surface area contributed by atoms with Crippen LogP contribution in [0.15, 0.2) is 18.2 Å². The smallest absolute Gasteiger partial charge is 0.231 e. The van der Waals surface area contributed by atoms with Gasteiger partial charge in [0.25, 0.3) is 0 Å². The van der Waals surface area contributed by atoms with Gasteiger partial charge in [0.2, 0.25) is 12.6 Å². The van der Waals surface area contributed by atoms with Crippen molar-refractivity contribution in [2.45, 2.75) is 82.6 Å². The van der Waals surface area contributed by atoms with Gasteiger partial charge in [-0.1, -0.05) is 13.0 Å². The zero-order valence-electron chi connectivity index (χ0n) is 18.2. The van der Waals surface area contributed by atoms with Crippen LogP contribution in [-0.2, 0) is 30.6 Å². The van der Waals surface area contributed by atoms with Gasteiger partial charge in [-0.25, -0.2) is 9.78 Å². The molecule has 5 fully saturated rings. The van der Waals surface area contributed by atoms with Gasteiger partial charge in [-0.3, -0.25) is 0 Å². The van der Waals surface area contributed by atoms with Crippen molar-refractivity contribution < 1.29 is 38.6 Å². The quantitative estimate of drug-likeness (QED) is 0.726. The first-order valence-electron chi connectivity index (χ1n) is 11.2. The van der Waals surface area contributed by atoms with Gasteiger partial charge in [-0.2, -0.15) is 0 Å². The Kier molecular flexibility index (Phi) is 4.43. The first-order valence-corrected chi connectivity index (χ1v) is 11.2. The molecule has 1 saturated carbocycles. The predicted octanol–water partition coefficient (Wildman–Crippen LogP) is 3.25. The van der Waals surface area contributed by atoms with E-state index < -0.39 is 29.6 Å². The highest BCUT2D eigenvalue weighted by atomic mass is 17.3. The summed E-state index contributed by atoms with van der Waals surface area (Å²) < 4.78 is 29.6. The van der Waals surface area contributed by atoms with E-state index in [2.05, 4.69) is 6.92 Å². The third kappa shape index (κ3) is 2.89. The van der Waals surface area contributed by atoms with E-state index in [1.165, 1.54) is 0 Å². The van der Waals surface area contributed by atoms with Crippen molar-refractivity contribution in [3.63, 3.8) is 0 Å². The average Bonchev–Trinajstić information content (AvgIpc) is 3.09. The molecule has 0 aromatic heterocycles. The van der Waals surface area contributed by atoms with E-state index >= 15 is 0 Å². The van der Waals surface area contributed by atoms with E-state index in [0.29, 0.717) is 11.7 Å². The van der Waals surface area contributed by atoms with Crippen molar-refractivity contribution in [1.29, 1.82) is 0 Å². The largest absolute Gasteiger partial charge is 0.454 e. The standard InChI is InChI=1S/C23H30O8/c1-13-4-7-18-22(3,24)19(25-11-14-5-6-16-17(10-14)27-12-26-16)28-20-23(18)15(13)8-9-21(2,29-20)30-31-23/h5-6,10,13,15,18-20,24H,4,7-9,11-12H2,1-3H3/t13-,15+,18+,19?,20-,21+,22-,23-/m1/s1. The maximum atomic E-state index is 11.7. The Balaban J connectivity index is 1.29. The Morgan fingerprint density at radius 2 is 1.94 bits per heavy atom. The van der Waals surface area contributed by atoms with Crippen LogP contribution in [0.4, 0.5) is 0 Å². The molecule has 5 aliphatic heterocycles. The summed E-state index contributed by atoms with van der Waals surface area (Å²) in [5.74, 6) is 0.941. The molecule has 8 heteroatoms. The van der Waals surface area contributed by atoms with Crippen molar-refractivity contribution >= 4 is 0 Å². The molecule has 1 aromatic carbocycles. The van der Waals surface area contributed by atoms with Gasteiger partial charge in [0.1, 0.15) is 5.60 Å². The SMILES string of the molecule is C[C@@H]1CC[C@@H]2[C@]34OO[C@@](C)(CC[C@@H]13)O[C@H]4OC(OCc1ccc3c(c1)OCO3)[C@]2(C)O. The molecular weight excluding hydrogens is 404 g/mol. The Hall–Kier alpha value is -1.42. The van der Waals surface area contributed by atoms with Crippen LogP contribution >= 0.6 is 0 Å². The van der Waals surface area contributed by atoms with Gasteiger partial charge in [0, 0.05) is 12.3 Å². The lowest BCUT2D eigenvalue weighted by Gasteiger charge is -2.62. The minimum absolute atomic E-state index is 0.182. The first kappa shape index (κ1) is 20.2. The van der Waals surface area contributed by atoms with Gasteiger partial charge in [0.15, 0.2) is 29.7 Å². The van der Waals surface area contributed by atoms with E-state index in [1.807, 2.05) is 25.1 Å². The van der Waals surface area contributed by atoms with Crippen LogP contribution in [0.2, 0.25) is 0 Å². The fourth-order valence-electron chi connectivity index (χ4n) is 6.29. The molecule has 6 aliphatic rings. The molecule has 0 radical (unpaired) electrons. The summed E-state index contributed by atoms with van der Waals surface area (Å²) in [4.78, 5) is 11.9. The molecule has 1 unspecified atom stereocenters. The van der Waals surface area contributed by atoms with Gasteiger partial charge < -0.3 is 28.8 Å². The van der Waals surface area contributed by atoms with Crippen LogP contribution in [0.1, 0.15) is 52.0 Å². The lowest BCUT2D eigenvalue weighted by Crippen LogP contribution is -2.75. The molecule has 5 heterocycles. The topological polar surface area (TPSA) is 84.8 Å². The third-order valence-electron chi connectivity index (χ3n) is 7.99. The highest BCUT2D eigenvalue weighted by molar-refractivity contribution is 5.44. The zero-order chi connectivity index (χ0) is 21.4. The molecule has 8 nitrogen and oxygen atoms in total. The number of hydrogen-bond acceptors (Lipinski definition) is 8. The summed E-state index contributed by atoms with van der Waals surface area (Å²) in [5.41, 5.74) is -1.19. The van der Waals surface area contributed by atoms with Gasteiger partial charge in [-0.15, -0.1) is 0 Å². The molecule has 1 spiro atoms. The first-order chi connectivity index (χ1) is 14.8. The van der Waals surface area contributed by atoms with Crippen LogP contribution in [0, 0.1) is 17.8 Å². The molecule has 1 aliphatic carbocycles. The Labute approximate surface area is 181 Å². The fraction of sp³-hybridized carbons (Fsp3) is 0.739. The lowest BCUT2D eigenvalue weighted by atomic mass is 9.57. The number of ether oxygens (including phenoxy) is 5. The van der Waals surface area contributed by atoms with Gasteiger partial charge in [0.05, 0.1) is 6.61 Å². The van der Waals surface area contributed by atoms with E-state index in [0.717, 1.165) is 37.0 Å². The van der Waals surface area contributed by atoms with E-state index in [-0.39, 0.29) is 25.2 Å². The molecular formula is C23H30O8. The van der Waals surface area contributed by atoms with Crippen LogP contribution in [-0.4, -0.2) is 41.5 Å². The zero-order valence-corrected chi connectivity index (χ0v) is 18.2. The van der Waals surface area contributed by atoms with E-state index in [9.17, 15) is 5.11 Å². The number of hydrogen-bond donors (Lipinski definition) is 1. The molecule has 31 heavy (non-hydrogen) atoms. The minimum atomic E-state index is -1.27. The summed E-state index contributed by atoms with van der Waals surface area (Å²) in [5, 5.41) is 11.7. The molecule has 7 rings (SSSR count). The summed E-state index contributed by atoms with van der Waals surface area (Å²) in [6.45, 7) is 6.40. The van der Waals surface area contributed by atoms with Gasteiger partial charge in [-0.05, 0) is 62.6 Å². The van der Waals surface area contributed by atoms with Crippen molar-refractivity contribution in [1.82, 2.24) is 0 Å². The average molecular weight is 434 g/mol. The Morgan fingerprint density at radius 3 is 2.81 bits per heavy atom. The minimum Gasteiger partial charge on any atom is -0.454 e. The monoisotopic (exact) mass is 434 g/mol. The van der Waals surface area contributed by atoms with Crippen molar-refractivity contribution in [2.75, 3.05) is 6.79 Å². The van der Waals surface area contributed by atoms with Crippen molar-refractivity contribution in [3.8, 4) is 11.5 Å². The Morgan fingerprint density at radius 1 is 1.10 bits per heavy atom. The summed E-state index contributed by atoms with van der Waals surface area (Å²) in [6.07, 6.45) is 1.91. The summed E-state index contributed by atoms with van der Waals surface area (Å²) >= 11 is 0. The maximum absolute atomic E-state index is 11.7. The van der Waals surface area contributed by atoms with Crippen molar-refractivity contribution in [2.24, 2.45) is 17.8 Å². The molecule has 8 atom stereocenters. The normalized spacial score (nSPS) is 47.7. The predicted molar refractivity (Wildman–Crippen MR) is 106 cm³/mol. The summed E-state index contributed by atoms with van der Waals surface area (Å²) in [7, 11) is 0. The molecule has 1 aromatic rings. The third-order valence-corrected chi connectivity index (χ3v) is 7.99. The van der Waals surface area contributed by atoms with E-state index in [4.69, 9.17) is 33.5 Å². The number of fused-ring (bicyclic) bond motifs is 3.